The maximum absolute atomic E-state index is 8.42. The third-order valence-corrected chi connectivity index (χ3v) is 2.48. The minimum atomic E-state index is 0.474. The first-order valence-corrected chi connectivity index (χ1v) is 5.28. The van der Waals surface area contributed by atoms with Crippen LogP contribution in [0.4, 0.5) is 0 Å². The van der Waals surface area contributed by atoms with Crippen LogP contribution in [0.15, 0.2) is 39.9 Å². The number of hydrogen-bond donors (Lipinski definition) is 1. The van der Waals surface area contributed by atoms with Crippen molar-refractivity contribution >= 4 is 6.21 Å². The number of oxime groups is 1. The Hall–Kier alpha value is -2.43. The van der Waals surface area contributed by atoms with E-state index < -0.39 is 0 Å². The van der Waals surface area contributed by atoms with Crippen molar-refractivity contribution in [2.75, 3.05) is 14.2 Å². The van der Waals surface area contributed by atoms with E-state index >= 15 is 0 Å². The molecule has 18 heavy (non-hydrogen) atoms. The van der Waals surface area contributed by atoms with E-state index in [0.717, 1.165) is 5.56 Å². The fourth-order valence-electron chi connectivity index (χ4n) is 1.62. The maximum Gasteiger partial charge on any atom is 0.161 e. The fraction of sp³-hybridized carbons (Fsp3) is 0.154. The van der Waals surface area contributed by atoms with Gasteiger partial charge in [0.15, 0.2) is 11.5 Å². The van der Waals surface area contributed by atoms with Gasteiger partial charge in [0.25, 0.3) is 0 Å². The van der Waals surface area contributed by atoms with Crippen LogP contribution in [0, 0.1) is 0 Å². The van der Waals surface area contributed by atoms with Crippen molar-refractivity contribution in [2.24, 2.45) is 5.16 Å². The Bertz CT molecular complexity index is 560. The van der Waals surface area contributed by atoms with E-state index in [0.29, 0.717) is 23.0 Å². The molecule has 0 unspecified atom stereocenters. The highest BCUT2D eigenvalue weighted by Crippen LogP contribution is 2.32. The summed E-state index contributed by atoms with van der Waals surface area (Å²) in [6, 6.07) is 8.98. The average molecular weight is 247 g/mol. The van der Waals surface area contributed by atoms with Gasteiger partial charge in [0.2, 0.25) is 0 Å². The summed E-state index contributed by atoms with van der Waals surface area (Å²) in [4.78, 5) is 0. The maximum atomic E-state index is 8.42. The van der Waals surface area contributed by atoms with Crippen molar-refractivity contribution < 1.29 is 19.1 Å². The Kier molecular flexibility index (Phi) is 3.52. The van der Waals surface area contributed by atoms with Gasteiger partial charge in [0.05, 0.1) is 14.2 Å². The van der Waals surface area contributed by atoms with Crippen LogP contribution in [0.1, 0.15) is 5.76 Å². The summed E-state index contributed by atoms with van der Waals surface area (Å²) in [6.45, 7) is 0. The van der Waals surface area contributed by atoms with E-state index in [-0.39, 0.29) is 0 Å². The smallest absolute Gasteiger partial charge is 0.161 e. The summed E-state index contributed by atoms with van der Waals surface area (Å²) < 4.78 is 15.9. The van der Waals surface area contributed by atoms with Gasteiger partial charge in [-0.25, -0.2) is 0 Å². The molecule has 0 saturated carbocycles. The van der Waals surface area contributed by atoms with Crippen LogP contribution < -0.4 is 9.47 Å². The van der Waals surface area contributed by atoms with E-state index in [1.54, 1.807) is 32.4 Å². The second kappa shape index (κ2) is 5.27. The lowest BCUT2D eigenvalue weighted by Crippen LogP contribution is -1.90. The van der Waals surface area contributed by atoms with Gasteiger partial charge >= 0.3 is 0 Å². The number of nitrogens with zero attached hydrogens (tertiary/aromatic N) is 1. The van der Waals surface area contributed by atoms with Crippen LogP contribution in [-0.4, -0.2) is 25.6 Å². The van der Waals surface area contributed by atoms with Crippen LogP contribution in [0.2, 0.25) is 0 Å². The third-order valence-electron chi connectivity index (χ3n) is 2.48. The first kappa shape index (κ1) is 12.0. The number of ether oxygens (including phenoxy) is 2. The minimum Gasteiger partial charge on any atom is -0.493 e. The molecule has 2 aromatic rings. The van der Waals surface area contributed by atoms with Gasteiger partial charge in [0.1, 0.15) is 17.7 Å². The van der Waals surface area contributed by atoms with E-state index in [1.165, 1.54) is 6.21 Å². The second-order valence-electron chi connectivity index (χ2n) is 3.52. The Morgan fingerprint density at radius 2 is 1.89 bits per heavy atom. The van der Waals surface area contributed by atoms with E-state index in [2.05, 4.69) is 5.16 Å². The molecule has 0 aliphatic heterocycles. The van der Waals surface area contributed by atoms with Crippen LogP contribution in [0.25, 0.3) is 11.3 Å². The van der Waals surface area contributed by atoms with Crippen LogP contribution in [-0.2, 0) is 0 Å². The zero-order chi connectivity index (χ0) is 13.0. The molecule has 0 radical (unpaired) electrons. The van der Waals surface area contributed by atoms with E-state index in [1.807, 2.05) is 12.1 Å². The Morgan fingerprint density at radius 3 is 2.56 bits per heavy atom. The molecule has 0 aliphatic carbocycles. The van der Waals surface area contributed by atoms with E-state index in [9.17, 15) is 0 Å². The number of rotatable bonds is 4. The first-order chi connectivity index (χ1) is 8.78. The molecule has 0 aliphatic rings. The molecule has 0 saturated heterocycles. The summed E-state index contributed by atoms with van der Waals surface area (Å²) in [7, 11) is 3.16. The fourth-order valence-corrected chi connectivity index (χ4v) is 1.62. The molecule has 0 spiro atoms. The Labute approximate surface area is 104 Å². The highest BCUT2D eigenvalue weighted by Gasteiger charge is 2.08. The molecular weight excluding hydrogens is 234 g/mol. The van der Waals surface area contributed by atoms with Gasteiger partial charge in [-0.15, -0.1) is 0 Å². The molecule has 0 bridgehead atoms. The molecular formula is C13H13NO4. The monoisotopic (exact) mass is 247 g/mol. The van der Waals surface area contributed by atoms with Crippen LogP contribution >= 0.6 is 0 Å². The molecule has 2 rings (SSSR count). The van der Waals surface area contributed by atoms with Gasteiger partial charge in [-0.05, 0) is 30.3 Å². The lowest BCUT2D eigenvalue weighted by atomic mass is 10.1. The average Bonchev–Trinajstić information content (AvgIpc) is 2.87. The van der Waals surface area contributed by atoms with Crippen molar-refractivity contribution in [3.63, 3.8) is 0 Å². The topological polar surface area (TPSA) is 64.2 Å². The van der Waals surface area contributed by atoms with Gasteiger partial charge in [0, 0.05) is 5.56 Å². The molecule has 1 aromatic heterocycles. The van der Waals surface area contributed by atoms with Crippen molar-refractivity contribution in [3.8, 4) is 22.8 Å². The molecule has 94 valence electrons. The summed E-state index contributed by atoms with van der Waals surface area (Å²) in [6.07, 6.45) is 1.23. The van der Waals surface area contributed by atoms with Gasteiger partial charge in [-0.1, -0.05) is 5.16 Å². The van der Waals surface area contributed by atoms with Crippen molar-refractivity contribution in [1.29, 1.82) is 0 Å². The van der Waals surface area contributed by atoms with Crippen molar-refractivity contribution in [3.05, 3.63) is 36.1 Å². The molecule has 1 N–H and O–H groups in total. The summed E-state index contributed by atoms with van der Waals surface area (Å²) >= 11 is 0. The predicted octanol–water partition coefficient (Wildman–Crippen LogP) is 2.77. The Balaban J connectivity index is 2.37. The highest BCUT2D eigenvalue weighted by molar-refractivity contribution is 5.77. The lowest BCUT2D eigenvalue weighted by molar-refractivity contribution is 0.321. The third kappa shape index (κ3) is 2.29. The van der Waals surface area contributed by atoms with Crippen molar-refractivity contribution in [1.82, 2.24) is 0 Å². The van der Waals surface area contributed by atoms with Gasteiger partial charge in [-0.2, -0.15) is 0 Å². The summed E-state index contributed by atoms with van der Waals surface area (Å²) in [5.41, 5.74) is 0.852. The molecule has 1 aromatic carbocycles. The molecule has 5 nitrogen and oxygen atoms in total. The normalized spacial score (nSPS) is 10.8. The minimum absolute atomic E-state index is 0.474. The SMILES string of the molecule is COc1ccc(-c2ccc(C=NO)o2)cc1OC. The van der Waals surface area contributed by atoms with Crippen LogP contribution in [0.3, 0.4) is 0 Å². The second-order valence-corrected chi connectivity index (χ2v) is 3.52. The summed E-state index contributed by atoms with van der Waals surface area (Å²) in [5.74, 6) is 2.42. The highest BCUT2D eigenvalue weighted by atomic mass is 16.5. The molecule has 0 atom stereocenters. The lowest BCUT2D eigenvalue weighted by Gasteiger charge is -2.08. The summed E-state index contributed by atoms with van der Waals surface area (Å²) in [5, 5.41) is 11.3. The molecule has 0 amide bonds. The first-order valence-electron chi connectivity index (χ1n) is 5.28. The zero-order valence-electron chi connectivity index (χ0n) is 10.1. The largest absolute Gasteiger partial charge is 0.493 e. The Morgan fingerprint density at radius 1 is 1.11 bits per heavy atom. The van der Waals surface area contributed by atoms with Crippen LogP contribution in [0.5, 0.6) is 11.5 Å². The zero-order valence-corrected chi connectivity index (χ0v) is 10.1. The molecule has 0 fully saturated rings. The molecule has 1 heterocycles. The van der Waals surface area contributed by atoms with Gasteiger partial charge < -0.3 is 19.1 Å². The quantitative estimate of drug-likeness (QED) is 0.512. The molecule has 5 heteroatoms. The van der Waals surface area contributed by atoms with Crippen molar-refractivity contribution in [2.45, 2.75) is 0 Å². The standard InChI is InChI=1S/C13H13NO4/c1-16-12-5-3-9(7-13(12)17-2)11-6-4-10(18-11)8-14-15/h3-8,15H,1-2H3. The number of hydrogen-bond acceptors (Lipinski definition) is 5. The predicted molar refractivity (Wildman–Crippen MR) is 66.6 cm³/mol. The number of furan rings is 1. The van der Waals surface area contributed by atoms with Gasteiger partial charge in [-0.3, -0.25) is 0 Å². The number of methoxy groups -OCH3 is 2. The van der Waals surface area contributed by atoms with E-state index in [4.69, 9.17) is 19.1 Å². The number of benzene rings is 1.